The van der Waals surface area contributed by atoms with Crippen molar-refractivity contribution in [2.24, 2.45) is 16.6 Å². The molecule has 3 aromatic rings. The van der Waals surface area contributed by atoms with E-state index in [1.807, 2.05) is 24.3 Å². The van der Waals surface area contributed by atoms with Gasteiger partial charge in [-0.25, -0.2) is 9.97 Å². The Morgan fingerprint density at radius 2 is 1.79 bits per heavy atom. The lowest BCUT2D eigenvalue weighted by atomic mass is 9.96. The largest absolute Gasteiger partial charge is 0.382 e. The van der Waals surface area contributed by atoms with Crippen LogP contribution in [-0.4, -0.2) is 52.9 Å². The van der Waals surface area contributed by atoms with Gasteiger partial charge < -0.3 is 21.7 Å². The second-order valence-corrected chi connectivity index (χ2v) is 11.2. The molecule has 1 aliphatic rings. The maximum Gasteiger partial charge on any atom is 0.280 e. The fourth-order valence-corrected chi connectivity index (χ4v) is 5.04. The number of aliphatic imine (C=N–C) groups is 1. The van der Waals surface area contributed by atoms with E-state index in [-0.39, 0.29) is 22.6 Å². The molecule has 1 aromatic heterocycles. The number of piperidine rings is 1. The summed E-state index contributed by atoms with van der Waals surface area (Å²) in [6, 6.07) is 18.6. The van der Waals surface area contributed by atoms with Crippen LogP contribution in [0, 0.1) is 9.49 Å². The fraction of sp³-hybridized carbons (Fsp3) is 0.357. The van der Waals surface area contributed by atoms with Crippen LogP contribution in [0.15, 0.2) is 59.6 Å². The molecule has 1 aliphatic heterocycles. The van der Waals surface area contributed by atoms with Gasteiger partial charge in [0.15, 0.2) is 28.4 Å². The van der Waals surface area contributed by atoms with Gasteiger partial charge in [-0.05, 0) is 97.1 Å². The quantitative estimate of drug-likeness (QED) is 0.145. The normalized spacial score (nSPS) is 14.8. The van der Waals surface area contributed by atoms with Crippen LogP contribution in [0.2, 0.25) is 5.15 Å². The number of rotatable bonds is 10. The van der Waals surface area contributed by atoms with E-state index >= 15 is 0 Å². The first-order valence-corrected chi connectivity index (χ1v) is 14.5. The first-order chi connectivity index (χ1) is 18.9. The third-order valence-electron chi connectivity index (χ3n) is 6.72. The number of guanidine groups is 1. The minimum atomic E-state index is -0.597. The van der Waals surface area contributed by atoms with Gasteiger partial charge in [0.2, 0.25) is 0 Å². The maximum atomic E-state index is 12.7. The summed E-state index contributed by atoms with van der Waals surface area (Å²) in [4.78, 5) is 28.0. The first-order valence-electron chi connectivity index (χ1n) is 13.1. The van der Waals surface area contributed by atoms with Crippen molar-refractivity contribution in [2.75, 3.05) is 37.2 Å². The summed E-state index contributed by atoms with van der Waals surface area (Å²) in [7, 11) is 0. The summed E-state index contributed by atoms with van der Waals surface area (Å²) in [6.45, 7) is 4.26. The van der Waals surface area contributed by atoms with Crippen molar-refractivity contribution in [1.82, 2.24) is 20.2 Å². The summed E-state index contributed by atoms with van der Waals surface area (Å²) < 4.78 is 1.15. The van der Waals surface area contributed by atoms with Gasteiger partial charge in [0.25, 0.3) is 5.91 Å². The van der Waals surface area contributed by atoms with Gasteiger partial charge in [-0.15, -0.1) is 0 Å². The second-order valence-electron chi connectivity index (χ2n) is 9.63. The number of amides is 1. The van der Waals surface area contributed by atoms with E-state index in [0.717, 1.165) is 54.5 Å². The number of halogens is 2. The molecular weight excluding hydrogens is 627 g/mol. The Morgan fingerprint density at radius 3 is 2.51 bits per heavy atom. The standard InChI is InChI=1S/C28H34ClIN8O/c29-24-26(33-17-20-8-10-22(30)11-9-20)36-25(31)23(35-24)27(39)37-28(32)34-18-21-12-15-38(16-13-21)14-4-7-19-5-2-1-3-6-19/h1-3,5-6,8-11,21H,4,7,12-18H2,(H3,31,33,36)(H3,32,34,37,39). The van der Waals surface area contributed by atoms with Crippen molar-refractivity contribution >= 4 is 57.7 Å². The number of carbonyl (C=O) groups excluding carboxylic acids is 1. The van der Waals surface area contributed by atoms with E-state index in [2.05, 4.69) is 83.4 Å². The molecule has 1 fully saturated rings. The summed E-state index contributed by atoms with van der Waals surface area (Å²) in [5.41, 5.74) is 14.3. The number of likely N-dealkylation sites (tertiary alicyclic amines) is 1. The van der Waals surface area contributed by atoms with Crippen molar-refractivity contribution in [1.29, 1.82) is 0 Å². The molecule has 9 nitrogen and oxygen atoms in total. The Kier molecular flexibility index (Phi) is 10.7. The lowest BCUT2D eigenvalue weighted by molar-refractivity contribution is 0.0972. The third kappa shape index (κ3) is 9.04. The number of nitrogen functional groups attached to an aromatic ring is 1. The Labute approximate surface area is 248 Å². The van der Waals surface area contributed by atoms with Gasteiger partial charge in [-0.3, -0.25) is 15.1 Å². The van der Waals surface area contributed by atoms with E-state index in [1.165, 1.54) is 5.56 Å². The highest BCUT2D eigenvalue weighted by Crippen LogP contribution is 2.22. The molecular formula is C28H34ClIN8O. The smallest absolute Gasteiger partial charge is 0.280 e. The molecule has 6 N–H and O–H groups in total. The van der Waals surface area contributed by atoms with Gasteiger partial charge in [-0.1, -0.05) is 54.1 Å². The number of hydrogen-bond donors (Lipinski definition) is 4. The minimum absolute atomic E-state index is 0.0310. The molecule has 206 valence electrons. The van der Waals surface area contributed by atoms with E-state index in [0.29, 0.717) is 24.8 Å². The van der Waals surface area contributed by atoms with Crippen molar-refractivity contribution in [3.63, 3.8) is 0 Å². The van der Waals surface area contributed by atoms with E-state index in [4.69, 9.17) is 23.1 Å². The molecule has 2 heterocycles. The summed E-state index contributed by atoms with van der Waals surface area (Å²) in [6.07, 6.45) is 4.38. The molecule has 0 saturated carbocycles. The Morgan fingerprint density at radius 1 is 1.08 bits per heavy atom. The maximum absolute atomic E-state index is 12.7. The molecule has 0 spiro atoms. The number of nitrogens with one attached hydrogen (secondary N) is 2. The Hall–Kier alpha value is -2.96. The zero-order valence-electron chi connectivity index (χ0n) is 21.7. The van der Waals surface area contributed by atoms with Crippen LogP contribution in [0.4, 0.5) is 11.6 Å². The number of carbonyl (C=O) groups is 1. The average molecular weight is 661 g/mol. The highest BCUT2D eigenvalue weighted by molar-refractivity contribution is 14.1. The fourth-order valence-electron chi connectivity index (χ4n) is 4.48. The number of benzene rings is 2. The molecule has 11 heteroatoms. The summed E-state index contributed by atoms with van der Waals surface area (Å²) in [5.74, 6) is 0.124. The van der Waals surface area contributed by atoms with Crippen LogP contribution < -0.4 is 22.1 Å². The Balaban J connectivity index is 1.20. The van der Waals surface area contributed by atoms with Crippen molar-refractivity contribution in [2.45, 2.75) is 32.2 Å². The lowest BCUT2D eigenvalue weighted by Gasteiger charge is -2.31. The van der Waals surface area contributed by atoms with Crippen LogP contribution in [0.5, 0.6) is 0 Å². The first kappa shape index (κ1) is 29.0. The van der Waals surface area contributed by atoms with Gasteiger partial charge in [-0.2, -0.15) is 0 Å². The monoisotopic (exact) mass is 660 g/mol. The van der Waals surface area contributed by atoms with Crippen LogP contribution in [0.1, 0.15) is 40.9 Å². The zero-order chi connectivity index (χ0) is 27.6. The molecule has 0 bridgehead atoms. The SMILES string of the molecule is NC(=NCC1CCN(CCCc2ccccc2)CC1)NC(=O)c1nc(Cl)c(NCc2ccc(I)cc2)nc1N. The molecule has 2 aromatic carbocycles. The number of hydrogen-bond acceptors (Lipinski definition) is 7. The van der Waals surface area contributed by atoms with Crippen molar-refractivity contribution < 1.29 is 4.79 Å². The number of aromatic nitrogens is 2. The number of anilines is 2. The van der Waals surface area contributed by atoms with Gasteiger partial charge in [0, 0.05) is 16.7 Å². The minimum Gasteiger partial charge on any atom is -0.382 e. The summed E-state index contributed by atoms with van der Waals surface area (Å²) in [5, 5.41) is 5.71. The zero-order valence-corrected chi connectivity index (χ0v) is 24.7. The van der Waals surface area contributed by atoms with Crippen LogP contribution in [0.3, 0.4) is 0 Å². The molecule has 0 unspecified atom stereocenters. The predicted molar refractivity (Wildman–Crippen MR) is 166 cm³/mol. The molecule has 1 saturated heterocycles. The third-order valence-corrected chi connectivity index (χ3v) is 7.70. The van der Waals surface area contributed by atoms with E-state index < -0.39 is 5.91 Å². The number of aryl methyl sites for hydroxylation is 1. The molecule has 4 rings (SSSR count). The van der Waals surface area contributed by atoms with Crippen LogP contribution in [-0.2, 0) is 13.0 Å². The Bertz CT molecular complexity index is 1260. The second kappa shape index (κ2) is 14.4. The average Bonchev–Trinajstić information content (AvgIpc) is 2.94. The van der Waals surface area contributed by atoms with Crippen LogP contribution in [0.25, 0.3) is 0 Å². The van der Waals surface area contributed by atoms with Crippen LogP contribution >= 0.6 is 34.2 Å². The highest BCUT2D eigenvalue weighted by atomic mass is 127. The number of nitrogens with zero attached hydrogens (tertiary/aromatic N) is 4. The lowest BCUT2D eigenvalue weighted by Crippen LogP contribution is -2.39. The molecule has 0 atom stereocenters. The molecule has 0 radical (unpaired) electrons. The van der Waals surface area contributed by atoms with E-state index in [9.17, 15) is 4.79 Å². The van der Waals surface area contributed by atoms with Gasteiger partial charge in [0.05, 0.1) is 0 Å². The van der Waals surface area contributed by atoms with Gasteiger partial charge in [0.1, 0.15) is 0 Å². The van der Waals surface area contributed by atoms with Gasteiger partial charge >= 0.3 is 0 Å². The molecule has 39 heavy (non-hydrogen) atoms. The molecule has 0 aliphatic carbocycles. The summed E-state index contributed by atoms with van der Waals surface area (Å²) >= 11 is 8.52. The van der Waals surface area contributed by atoms with Crippen molar-refractivity contribution in [3.05, 3.63) is 80.1 Å². The topological polar surface area (TPSA) is 135 Å². The van der Waals surface area contributed by atoms with E-state index in [1.54, 1.807) is 0 Å². The predicted octanol–water partition coefficient (Wildman–Crippen LogP) is 4.32. The number of nitrogens with two attached hydrogens (primary N) is 2. The highest BCUT2D eigenvalue weighted by Gasteiger charge is 2.20. The molecule has 1 amide bonds. The van der Waals surface area contributed by atoms with Crippen molar-refractivity contribution in [3.8, 4) is 0 Å².